The molecule has 1 aliphatic rings. The van der Waals surface area contributed by atoms with Crippen molar-refractivity contribution in [2.45, 2.75) is 6.17 Å². The van der Waals surface area contributed by atoms with E-state index in [4.69, 9.17) is 4.74 Å². The average molecular weight is 297 g/mol. The first-order chi connectivity index (χ1) is 10.7. The summed E-state index contributed by atoms with van der Waals surface area (Å²) in [7, 11) is 5.82. The third-order valence-electron chi connectivity index (χ3n) is 4.13. The summed E-state index contributed by atoms with van der Waals surface area (Å²) in [4.78, 5) is 4.51. The fourth-order valence-corrected chi connectivity index (χ4v) is 2.87. The van der Waals surface area contributed by atoms with Gasteiger partial charge in [0.05, 0.1) is 7.11 Å². The predicted molar refractivity (Wildman–Crippen MR) is 91.9 cm³/mol. The molecule has 22 heavy (non-hydrogen) atoms. The lowest BCUT2D eigenvalue weighted by Crippen LogP contribution is -2.27. The molecule has 1 aliphatic heterocycles. The quantitative estimate of drug-likeness (QED) is 0.939. The van der Waals surface area contributed by atoms with E-state index in [-0.39, 0.29) is 6.17 Å². The van der Waals surface area contributed by atoms with E-state index in [0.717, 1.165) is 18.8 Å². The molecule has 2 aromatic carbocycles. The van der Waals surface area contributed by atoms with Crippen molar-refractivity contribution in [3.8, 4) is 5.75 Å². The van der Waals surface area contributed by atoms with Crippen LogP contribution >= 0.6 is 0 Å². The van der Waals surface area contributed by atoms with E-state index in [1.54, 1.807) is 7.11 Å². The van der Waals surface area contributed by atoms with E-state index in [9.17, 15) is 0 Å². The number of hydrogen-bond acceptors (Lipinski definition) is 4. The largest absolute Gasteiger partial charge is 0.497 e. The van der Waals surface area contributed by atoms with Gasteiger partial charge in [-0.3, -0.25) is 5.32 Å². The van der Waals surface area contributed by atoms with Gasteiger partial charge in [0.25, 0.3) is 0 Å². The van der Waals surface area contributed by atoms with Crippen LogP contribution in [0.1, 0.15) is 11.7 Å². The molecule has 0 spiro atoms. The van der Waals surface area contributed by atoms with Crippen LogP contribution in [0.4, 0.5) is 11.4 Å². The van der Waals surface area contributed by atoms with Crippen LogP contribution in [-0.4, -0.2) is 34.3 Å². The second-order valence-corrected chi connectivity index (χ2v) is 5.73. The highest BCUT2D eigenvalue weighted by atomic mass is 16.5. The van der Waals surface area contributed by atoms with Gasteiger partial charge in [-0.1, -0.05) is 12.1 Å². The topological polar surface area (TPSA) is 27.7 Å². The van der Waals surface area contributed by atoms with Gasteiger partial charge in [0.15, 0.2) is 0 Å². The van der Waals surface area contributed by atoms with Gasteiger partial charge >= 0.3 is 0 Å². The number of hydrogen-bond donors (Lipinski definition) is 1. The van der Waals surface area contributed by atoms with Crippen molar-refractivity contribution in [1.82, 2.24) is 5.32 Å². The summed E-state index contributed by atoms with van der Waals surface area (Å²) in [6, 6.07) is 17.0. The molecule has 0 saturated carbocycles. The summed E-state index contributed by atoms with van der Waals surface area (Å²) in [5, 5.41) is 3.58. The summed E-state index contributed by atoms with van der Waals surface area (Å²) in [5.41, 5.74) is 3.73. The van der Waals surface area contributed by atoms with Crippen LogP contribution in [0.2, 0.25) is 0 Å². The standard InChI is InChI=1S/C18H23N3O/c1-20(2)15-6-4-14(5-7-15)18-19-12-13-21(18)16-8-10-17(22-3)11-9-16/h4-11,18-19H,12-13H2,1-3H3. The molecule has 0 aliphatic carbocycles. The second-order valence-electron chi connectivity index (χ2n) is 5.73. The van der Waals surface area contributed by atoms with Gasteiger partial charge in [-0.2, -0.15) is 0 Å². The first-order valence-electron chi connectivity index (χ1n) is 7.60. The lowest BCUT2D eigenvalue weighted by atomic mass is 10.1. The highest BCUT2D eigenvalue weighted by Crippen LogP contribution is 2.30. The Morgan fingerprint density at radius 1 is 1.05 bits per heavy atom. The Bertz CT molecular complexity index is 607. The first kappa shape index (κ1) is 14.7. The third-order valence-corrected chi connectivity index (χ3v) is 4.13. The average Bonchev–Trinajstić information content (AvgIpc) is 3.04. The maximum absolute atomic E-state index is 5.24. The summed E-state index contributed by atoms with van der Waals surface area (Å²) >= 11 is 0. The molecule has 0 amide bonds. The van der Waals surface area contributed by atoms with Gasteiger partial charge in [-0.25, -0.2) is 0 Å². The molecule has 4 nitrogen and oxygen atoms in total. The number of ether oxygens (including phenoxy) is 1. The van der Waals surface area contributed by atoms with Crippen molar-refractivity contribution in [3.05, 3.63) is 54.1 Å². The van der Waals surface area contributed by atoms with Gasteiger partial charge in [0.1, 0.15) is 11.9 Å². The number of benzene rings is 2. The molecule has 4 heteroatoms. The van der Waals surface area contributed by atoms with Gasteiger partial charge in [-0.15, -0.1) is 0 Å². The summed E-state index contributed by atoms with van der Waals surface area (Å²) < 4.78 is 5.24. The Balaban J connectivity index is 1.82. The third kappa shape index (κ3) is 2.88. The number of anilines is 2. The molecule has 1 fully saturated rings. The maximum atomic E-state index is 5.24. The van der Waals surface area contributed by atoms with Crippen molar-refractivity contribution in [1.29, 1.82) is 0 Å². The molecule has 1 atom stereocenters. The number of nitrogens with one attached hydrogen (secondary N) is 1. The smallest absolute Gasteiger partial charge is 0.119 e. The monoisotopic (exact) mass is 297 g/mol. The van der Waals surface area contributed by atoms with Crippen molar-refractivity contribution in [3.63, 3.8) is 0 Å². The van der Waals surface area contributed by atoms with Crippen LogP contribution in [0.3, 0.4) is 0 Å². The maximum Gasteiger partial charge on any atom is 0.119 e. The number of methoxy groups -OCH3 is 1. The highest BCUT2D eigenvalue weighted by molar-refractivity contribution is 5.53. The minimum Gasteiger partial charge on any atom is -0.497 e. The van der Waals surface area contributed by atoms with Crippen molar-refractivity contribution < 1.29 is 4.74 Å². The summed E-state index contributed by atoms with van der Waals surface area (Å²) in [6.45, 7) is 2.00. The molecule has 2 aromatic rings. The van der Waals surface area contributed by atoms with Crippen molar-refractivity contribution in [2.24, 2.45) is 0 Å². The Kier molecular flexibility index (Phi) is 4.20. The van der Waals surface area contributed by atoms with Crippen molar-refractivity contribution >= 4 is 11.4 Å². The molecule has 1 heterocycles. The van der Waals surface area contributed by atoms with E-state index in [1.165, 1.54) is 16.9 Å². The first-order valence-corrected chi connectivity index (χ1v) is 7.60. The van der Waals surface area contributed by atoms with Crippen LogP contribution in [0.25, 0.3) is 0 Å². The second kappa shape index (κ2) is 6.28. The molecule has 1 N–H and O–H groups in total. The van der Waals surface area contributed by atoms with Gasteiger partial charge in [-0.05, 0) is 42.0 Å². The van der Waals surface area contributed by atoms with Gasteiger partial charge < -0.3 is 14.5 Å². The Morgan fingerprint density at radius 2 is 1.73 bits per heavy atom. The van der Waals surface area contributed by atoms with Crippen LogP contribution in [0.5, 0.6) is 5.75 Å². The molecule has 1 unspecified atom stereocenters. The van der Waals surface area contributed by atoms with Crippen LogP contribution in [0.15, 0.2) is 48.5 Å². The normalized spacial score (nSPS) is 17.6. The number of nitrogens with zero attached hydrogens (tertiary/aromatic N) is 2. The van der Waals surface area contributed by atoms with E-state index in [1.807, 2.05) is 12.1 Å². The zero-order chi connectivity index (χ0) is 15.5. The Hall–Kier alpha value is -2.20. The minimum absolute atomic E-state index is 0.226. The SMILES string of the molecule is COc1ccc(N2CCNC2c2ccc(N(C)C)cc2)cc1. The van der Waals surface area contributed by atoms with E-state index < -0.39 is 0 Å². The Morgan fingerprint density at radius 3 is 2.32 bits per heavy atom. The molecular weight excluding hydrogens is 274 g/mol. The van der Waals surface area contributed by atoms with Crippen LogP contribution in [-0.2, 0) is 0 Å². The molecule has 0 aromatic heterocycles. The summed E-state index contributed by atoms with van der Waals surface area (Å²) in [5.74, 6) is 0.891. The zero-order valence-corrected chi connectivity index (χ0v) is 13.4. The number of rotatable bonds is 4. The fourth-order valence-electron chi connectivity index (χ4n) is 2.87. The lowest BCUT2D eigenvalue weighted by molar-refractivity contribution is 0.415. The molecule has 0 radical (unpaired) electrons. The van der Waals surface area contributed by atoms with E-state index in [0.29, 0.717) is 0 Å². The Labute approximate surface area is 132 Å². The molecule has 3 rings (SSSR count). The molecule has 0 bridgehead atoms. The van der Waals surface area contributed by atoms with E-state index in [2.05, 4.69) is 65.6 Å². The van der Waals surface area contributed by atoms with Crippen molar-refractivity contribution in [2.75, 3.05) is 44.1 Å². The predicted octanol–water partition coefficient (Wildman–Crippen LogP) is 2.87. The van der Waals surface area contributed by atoms with Crippen LogP contribution < -0.4 is 19.9 Å². The van der Waals surface area contributed by atoms with E-state index >= 15 is 0 Å². The molecule has 1 saturated heterocycles. The zero-order valence-electron chi connectivity index (χ0n) is 13.4. The molecule has 116 valence electrons. The van der Waals surface area contributed by atoms with Gasteiger partial charge in [0, 0.05) is 38.6 Å². The highest BCUT2D eigenvalue weighted by Gasteiger charge is 2.25. The lowest BCUT2D eigenvalue weighted by Gasteiger charge is -2.27. The molecular formula is C18H23N3O. The van der Waals surface area contributed by atoms with Crippen LogP contribution in [0, 0.1) is 0 Å². The fraction of sp³-hybridized carbons (Fsp3) is 0.333. The minimum atomic E-state index is 0.226. The summed E-state index contributed by atoms with van der Waals surface area (Å²) in [6.07, 6.45) is 0.226. The van der Waals surface area contributed by atoms with Gasteiger partial charge in [0.2, 0.25) is 0 Å².